The second-order valence-electron chi connectivity index (χ2n) is 9.39. The maximum atomic E-state index is 13.6. The zero-order chi connectivity index (χ0) is 24.5. The van der Waals surface area contributed by atoms with Crippen LogP contribution in [-0.2, 0) is 4.79 Å². The average Bonchev–Trinajstić information content (AvgIpc) is 3.63. The van der Waals surface area contributed by atoms with Crippen molar-refractivity contribution >= 4 is 34.0 Å². The topological polar surface area (TPSA) is 57.3 Å². The van der Waals surface area contributed by atoms with E-state index in [1.165, 1.54) is 0 Å². The third kappa shape index (κ3) is 5.60. The molecule has 8 heteroatoms. The minimum atomic E-state index is -4.59. The molecule has 1 aliphatic heterocycles. The molecule has 34 heavy (non-hydrogen) atoms. The van der Waals surface area contributed by atoms with Gasteiger partial charge in [0.15, 0.2) is 0 Å². The lowest BCUT2D eigenvalue weighted by atomic mass is 9.97. The number of fused-ring (bicyclic) bond motifs is 1. The number of hydrogen-bond donors (Lipinski definition) is 2. The fraction of sp³-hybridized carbons (Fsp3) is 0.462. The van der Waals surface area contributed by atoms with Gasteiger partial charge in [-0.2, -0.15) is 13.2 Å². The van der Waals surface area contributed by atoms with Crippen LogP contribution in [0.4, 0.5) is 18.9 Å². The predicted octanol–water partition coefficient (Wildman–Crippen LogP) is 5.24. The van der Waals surface area contributed by atoms with E-state index in [0.717, 1.165) is 37.9 Å². The zero-order valence-corrected chi connectivity index (χ0v) is 19.6. The summed E-state index contributed by atoms with van der Waals surface area (Å²) in [5.41, 5.74) is 0.0287. The number of benzene rings is 1. The van der Waals surface area contributed by atoms with Crippen LogP contribution in [0.25, 0.3) is 22.4 Å². The molecule has 0 radical (unpaired) electrons. The second-order valence-corrected chi connectivity index (χ2v) is 9.39. The quantitative estimate of drug-likeness (QED) is 0.578. The highest BCUT2D eigenvalue weighted by atomic mass is 19.4. The number of alkyl halides is 3. The van der Waals surface area contributed by atoms with Crippen LogP contribution >= 0.6 is 0 Å². The van der Waals surface area contributed by atoms with E-state index in [-0.39, 0.29) is 23.6 Å². The maximum Gasteiger partial charge on any atom is 0.417 e. The fourth-order valence-electron chi connectivity index (χ4n) is 4.34. The highest BCUT2D eigenvalue weighted by Crippen LogP contribution is 2.37. The number of allylic oxidation sites excluding steroid dienone is 1. The number of rotatable bonds is 7. The number of hydrogen-bond acceptors (Lipinski definition) is 4. The van der Waals surface area contributed by atoms with Gasteiger partial charge in [-0.05, 0) is 57.9 Å². The summed E-state index contributed by atoms with van der Waals surface area (Å²) >= 11 is 0. The number of carbonyl (C=O) groups is 1. The molecule has 1 saturated heterocycles. The smallest absolute Gasteiger partial charge is 0.382 e. The first kappa shape index (κ1) is 24.3. The molecule has 0 spiro atoms. The number of amides is 1. The zero-order valence-electron chi connectivity index (χ0n) is 19.6. The molecule has 1 aromatic carbocycles. The van der Waals surface area contributed by atoms with E-state index in [1.807, 2.05) is 6.07 Å². The molecule has 2 aliphatic rings. The number of nitrogens with zero attached hydrogens (tertiary/aromatic N) is 2. The summed E-state index contributed by atoms with van der Waals surface area (Å²) in [6.45, 7) is 6.74. The van der Waals surface area contributed by atoms with Gasteiger partial charge in [0.1, 0.15) is 0 Å². The number of piperidine rings is 1. The number of pyridine rings is 1. The molecule has 182 valence electrons. The van der Waals surface area contributed by atoms with E-state index in [0.29, 0.717) is 29.1 Å². The van der Waals surface area contributed by atoms with Crippen LogP contribution in [0.1, 0.15) is 44.0 Å². The van der Waals surface area contributed by atoms with Gasteiger partial charge in [-0.25, -0.2) is 4.98 Å². The van der Waals surface area contributed by atoms with Gasteiger partial charge in [0.05, 0.1) is 17.0 Å². The van der Waals surface area contributed by atoms with Gasteiger partial charge in [-0.15, -0.1) is 0 Å². The van der Waals surface area contributed by atoms with Crippen LogP contribution in [-0.4, -0.2) is 54.2 Å². The second kappa shape index (κ2) is 9.78. The largest absolute Gasteiger partial charge is 0.417 e. The van der Waals surface area contributed by atoms with Crippen molar-refractivity contribution in [2.75, 3.05) is 25.5 Å². The van der Waals surface area contributed by atoms with Crippen molar-refractivity contribution in [2.45, 2.75) is 50.9 Å². The van der Waals surface area contributed by atoms with Crippen LogP contribution in [0.2, 0.25) is 0 Å². The first-order chi connectivity index (χ1) is 16.1. The minimum Gasteiger partial charge on any atom is -0.382 e. The Hall–Kier alpha value is -2.87. The standard InChI is InChI=1S/C26H31F3N4O/c1-16-14-20(11-13-33(16)3)31-23-8-4-7-21-22(23)15-19(32-24(21)17(2)26(27,28)29)6-5-12-30-25(34)18-9-10-18/h4-8,15-16,18,20,31H,2,9-14H2,1,3H3,(H,30,34)/b6-5+/t16-,20-/m1/s1. The lowest BCUT2D eigenvalue weighted by molar-refractivity contribution is -0.122. The van der Waals surface area contributed by atoms with Crippen molar-refractivity contribution in [1.82, 2.24) is 15.2 Å². The maximum absolute atomic E-state index is 13.6. The summed E-state index contributed by atoms with van der Waals surface area (Å²) < 4.78 is 40.8. The molecular weight excluding hydrogens is 441 g/mol. The summed E-state index contributed by atoms with van der Waals surface area (Å²) in [7, 11) is 2.10. The van der Waals surface area contributed by atoms with Crippen molar-refractivity contribution in [2.24, 2.45) is 5.92 Å². The highest BCUT2D eigenvalue weighted by Gasteiger charge is 2.35. The molecule has 2 fully saturated rings. The van der Waals surface area contributed by atoms with Gasteiger partial charge in [-0.1, -0.05) is 24.8 Å². The van der Waals surface area contributed by atoms with Gasteiger partial charge < -0.3 is 15.5 Å². The molecule has 1 aromatic heterocycles. The van der Waals surface area contributed by atoms with Crippen molar-refractivity contribution in [3.8, 4) is 0 Å². The van der Waals surface area contributed by atoms with E-state index < -0.39 is 11.7 Å². The molecule has 2 heterocycles. The van der Waals surface area contributed by atoms with Crippen LogP contribution in [0.3, 0.4) is 0 Å². The Bertz CT molecular complexity index is 1110. The third-order valence-corrected chi connectivity index (χ3v) is 6.72. The summed E-state index contributed by atoms with van der Waals surface area (Å²) in [6.07, 6.45) is 2.50. The van der Waals surface area contributed by atoms with Crippen molar-refractivity contribution in [3.05, 3.63) is 48.3 Å². The summed E-state index contributed by atoms with van der Waals surface area (Å²) in [6, 6.07) is 7.75. The summed E-state index contributed by atoms with van der Waals surface area (Å²) in [4.78, 5) is 18.4. The van der Waals surface area contributed by atoms with Crippen molar-refractivity contribution < 1.29 is 18.0 Å². The molecule has 0 unspecified atom stereocenters. The summed E-state index contributed by atoms with van der Waals surface area (Å²) in [5, 5.41) is 7.46. The Morgan fingerprint density at radius 2 is 2.03 bits per heavy atom. The van der Waals surface area contributed by atoms with E-state index in [9.17, 15) is 18.0 Å². The lowest BCUT2D eigenvalue weighted by Crippen LogP contribution is -2.42. The van der Waals surface area contributed by atoms with Crippen LogP contribution in [0.15, 0.2) is 36.9 Å². The van der Waals surface area contributed by atoms with E-state index in [1.54, 1.807) is 30.4 Å². The number of halogens is 3. The van der Waals surface area contributed by atoms with E-state index in [2.05, 4.69) is 41.1 Å². The molecule has 2 atom stereocenters. The number of aromatic nitrogens is 1. The molecule has 2 aromatic rings. The average molecular weight is 473 g/mol. The van der Waals surface area contributed by atoms with Crippen molar-refractivity contribution in [1.29, 1.82) is 0 Å². The highest BCUT2D eigenvalue weighted by molar-refractivity contribution is 6.00. The van der Waals surface area contributed by atoms with E-state index in [4.69, 9.17) is 0 Å². The predicted molar refractivity (Wildman–Crippen MR) is 130 cm³/mol. The minimum absolute atomic E-state index is 0.0149. The summed E-state index contributed by atoms with van der Waals surface area (Å²) in [5.74, 6) is 0.117. The third-order valence-electron chi connectivity index (χ3n) is 6.72. The Morgan fingerprint density at radius 1 is 1.26 bits per heavy atom. The van der Waals surface area contributed by atoms with Crippen LogP contribution in [0.5, 0.6) is 0 Å². The van der Waals surface area contributed by atoms with Gasteiger partial charge in [0, 0.05) is 47.6 Å². The normalized spacial score (nSPS) is 21.7. The molecule has 4 rings (SSSR count). The Balaban J connectivity index is 1.65. The molecule has 1 saturated carbocycles. The Morgan fingerprint density at radius 3 is 2.71 bits per heavy atom. The van der Waals surface area contributed by atoms with Crippen molar-refractivity contribution in [3.63, 3.8) is 0 Å². The molecule has 2 N–H and O–H groups in total. The SMILES string of the molecule is C=C(c1nc(/C=C/CNC(=O)C2CC2)cc2c(N[C@@H]3CCN(C)[C@H](C)C3)cccc12)C(F)(F)F. The lowest BCUT2D eigenvalue weighted by Gasteiger charge is -2.36. The van der Waals surface area contributed by atoms with E-state index >= 15 is 0 Å². The Kier molecular flexibility index (Phi) is 6.98. The molecule has 1 aliphatic carbocycles. The molecule has 5 nitrogen and oxygen atoms in total. The number of likely N-dealkylation sites (tertiary alicyclic amines) is 1. The monoisotopic (exact) mass is 472 g/mol. The molecule has 0 bridgehead atoms. The number of nitrogens with one attached hydrogen (secondary N) is 2. The first-order valence-electron chi connectivity index (χ1n) is 11.7. The van der Waals surface area contributed by atoms with Crippen LogP contribution in [0, 0.1) is 5.92 Å². The van der Waals surface area contributed by atoms with Crippen LogP contribution < -0.4 is 10.6 Å². The van der Waals surface area contributed by atoms with Gasteiger partial charge in [0.2, 0.25) is 5.91 Å². The Labute approximate surface area is 198 Å². The number of anilines is 1. The molecule has 1 amide bonds. The van der Waals surface area contributed by atoms with Gasteiger partial charge in [-0.3, -0.25) is 4.79 Å². The molecular formula is C26H31F3N4O. The fourth-order valence-corrected chi connectivity index (χ4v) is 4.34. The number of carbonyl (C=O) groups excluding carboxylic acids is 1. The van der Waals surface area contributed by atoms with Gasteiger partial charge in [0.25, 0.3) is 0 Å². The first-order valence-corrected chi connectivity index (χ1v) is 11.7. The van der Waals surface area contributed by atoms with Gasteiger partial charge >= 0.3 is 6.18 Å².